The molecule has 0 heterocycles. The number of anilines is 1. The molecule has 0 aromatic heterocycles. The van der Waals surface area contributed by atoms with Crippen LogP contribution in [-0.4, -0.2) is 22.2 Å². The van der Waals surface area contributed by atoms with Gasteiger partial charge in [0.2, 0.25) is 0 Å². The Hall–Kier alpha value is -1.69. The summed E-state index contributed by atoms with van der Waals surface area (Å²) in [7, 11) is 0. The van der Waals surface area contributed by atoms with Gasteiger partial charge in [0, 0.05) is 6.54 Å². The van der Waals surface area contributed by atoms with Crippen LogP contribution in [0.3, 0.4) is 0 Å². The van der Waals surface area contributed by atoms with Crippen LogP contribution in [0, 0.1) is 21.3 Å². The minimum Gasteiger partial charge on any atom is -0.388 e. The highest BCUT2D eigenvalue weighted by atomic mass is 19.1. The van der Waals surface area contributed by atoms with E-state index in [-0.39, 0.29) is 23.3 Å². The number of rotatable bonds is 4. The van der Waals surface area contributed by atoms with Crippen molar-refractivity contribution in [3.05, 3.63) is 34.1 Å². The first-order chi connectivity index (χ1) is 9.71. The predicted octanol–water partition coefficient (Wildman–Crippen LogP) is 3.48. The van der Waals surface area contributed by atoms with Crippen molar-refractivity contribution < 1.29 is 14.4 Å². The van der Waals surface area contributed by atoms with Crippen LogP contribution >= 0.6 is 0 Å². The second-order valence-corrected chi connectivity index (χ2v) is 6.66. The molecule has 0 aliphatic heterocycles. The zero-order valence-corrected chi connectivity index (χ0v) is 12.4. The Bertz CT molecular complexity index is 536. The lowest BCUT2D eigenvalue weighted by Gasteiger charge is -2.40. The molecule has 1 aromatic rings. The molecule has 1 fully saturated rings. The third-order valence-electron chi connectivity index (χ3n) is 4.30. The lowest BCUT2D eigenvalue weighted by Crippen LogP contribution is -2.42. The first-order valence-electron chi connectivity index (χ1n) is 7.11. The fraction of sp³-hybridized carbons (Fsp3) is 0.600. The average molecular weight is 296 g/mol. The van der Waals surface area contributed by atoms with E-state index in [0.29, 0.717) is 12.8 Å². The van der Waals surface area contributed by atoms with Gasteiger partial charge in [-0.05, 0) is 43.2 Å². The Kier molecular flexibility index (Phi) is 4.18. The average Bonchev–Trinajstić information content (AvgIpc) is 2.41. The molecule has 2 rings (SSSR count). The first kappa shape index (κ1) is 15.7. The van der Waals surface area contributed by atoms with Gasteiger partial charge in [-0.3, -0.25) is 10.1 Å². The van der Waals surface area contributed by atoms with E-state index >= 15 is 0 Å². The van der Waals surface area contributed by atoms with Crippen molar-refractivity contribution in [2.75, 3.05) is 11.9 Å². The van der Waals surface area contributed by atoms with Crippen molar-refractivity contribution in [3.8, 4) is 0 Å². The molecule has 116 valence electrons. The molecule has 0 bridgehead atoms. The standard InChI is InChI=1S/C15H21FN2O3/c1-14(2)5-7-15(19,8-6-14)10-17-12-4-3-11(16)9-13(12)18(20)21/h3-4,9,17,19H,5-8,10H2,1-2H3. The fourth-order valence-electron chi connectivity index (χ4n) is 2.63. The van der Waals surface area contributed by atoms with Crippen LogP contribution < -0.4 is 5.32 Å². The van der Waals surface area contributed by atoms with Crippen molar-refractivity contribution >= 4 is 11.4 Å². The number of hydrogen-bond acceptors (Lipinski definition) is 4. The van der Waals surface area contributed by atoms with Gasteiger partial charge in [-0.25, -0.2) is 4.39 Å². The second kappa shape index (κ2) is 5.60. The highest BCUT2D eigenvalue weighted by molar-refractivity contribution is 5.61. The number of nitrogens with one attached hydrogen (secondary N) is 1. The van der Waals surface area contributed by atoms with Crippen LogP contribution in [0.5, 0.6) is 0 Å². The predicted molar refractivity (Wildman–Crippen MR) is 78.7 cm³/mol. The lowest BCUT2D eigenvalue weighted by molar-refractivity contribution is -0.384. The quantitative estimate of drug-likeness (QED) is 0.659. The van der Waals surface area contributed by atoms with Crippen LogP contribution in [0.25, 0.3) is 0 Å². The molecular formula is C15H21FN2O3. The zero-order chi connectivity index (χ0) is 15.7. The van der Waals surface area contributed by atoms with Gasteiger partial charge in [-0.1, -0.05) is 13.8 Å². The number of halogens is 1. The largest absolute Gasteiger partial charge is 0.388 e. The van der Waals surface area contributed by atoms with E-state index in [9.17, 15) is 19.6 Å². The molecule has 0 radical (unpaired) electrons. The molecule has 0 spiro atoms. The summed E-state index contributed by atoms with van der Waals surface area (Å²) in [6.45, 7) is 4.57. The molecule has 1 aromatic carbocycles. The van der Waals surface area contributed by atoms with E-state index < -0.39 is 16.3 Å². The van der Waals surface area contributed by atoms with Crippen molar-refractivity contribution in [2.45, 2.75) is 45.1 Å². The normalized spacial score (nSPS) is 20.0. The van der Waals surface area contributed by atoms with Crippen LogP contribution in [0.2, 0.25) is 0 Å². The highest BCUT2D eigenvalue weighted by Gasteiger charge is 2.36. The Morgan fingerprint density at radius 2 is 1.95 bits per heavy atom. The summed E-state index contributed by atoms with van der Waals surface area (Å²) in [4.78, 5) is 10.3. The number of hydrogen-bond donors (Lipinski definition) is 2. The number of nitrogens with zero attached hydrogens (tertiary/aromatic N) is 1. The van der Waals surface area contributed by atoms with Crippen LogP contribution in [-0.2, 0) is 0 Å². The minimum absolute atomic E-state index is 0.230. The van der Waals surface area contributed by atoms with Crippen molar-refractivity contribution in [2.24, 2.45) is 5.41 Å². The zero-order valence-electron chi connectivity index (χ0n) is 12.4. The van der Waals surface area contributed by atoms with Gasteiger partial charge in [0.25, 0.3) is 5.69 Å². The number of nitro benzene ring substituents is 1. The van der Waals surface area contributed by atoms with E-state index in [1.54, 1.807) is 0 Å². The maximum absolute atomic E-state index is 13.1. The van der Waals surface area contributed by atoms with Crippen molar-refractivity contribution in [3.63, 3.8) is 0 Å². The van der Waals surface area contributed by atoms with Gasteiger partial charge >= 0.3 is 0 Å². The van der Waals surface area contributed by atoms with Gasteiger partial charge < -0.3 is 10.4 Å². The topological polar surface area (TPSA) is 75.4 Å². The Labute approximate surface area is 123 Å². The van der Waals surface area contributed by atoms with Gasteiger partial charge in [0.15, 0.2) is 0 Å². The summed E-state index contributed by atoms with van der Waals surface area (Å²) in [6, 6.07) is 3.39. The smallest absolute Gasteiger partial charge is 0.295 e. The highest BCUT2D eigenvalue weighted by Crippen LogP contribution is 2.40. The van der Waals surface area contributed by atoms with E-state index in [1.165, 1.54) is 12.1 Å². The summed E-state index contributed by atoms with van der Waals surface area (Å²) < 4.78 is 13.1. The molecule has 1 aliphatic rings. The SMILES string of the molecule is CC1(C)CCC(O)(CNc2ccc(F)cc2[N+](=O)[O-])CC1. The van der Waals surface area contributed by atoms with Gasteiger partial charge in [0.1, 0.15) is 11.5 Å². The molecule has 1 aliphatic carbocycles. The lowest BCUT2D eigenvalue weighted by atomic mass is 9.71. The summed E-state index contributed by atoms with van der Waals surface area (Å²) >= 11 is 0. The first-order valence-corrected chi connectivity index (χ1v) is 7.11. The third kappa shape index (κ3) is 3.91. The van der Waals surface area contributed by atoms with Crippen LogP contribution in [0.1, 0.15) is 39.5 Å². The van der Waals surface area contributed by atoms with Gasteiger partial charge in [0.05, 0.1) is 16.6 Å². The molecule has 6 heteroatoms. The van der Waals surface area contributed by atoms with Gasteiger partial charge in [-0.15, -0.1) is 0 Å². The maximum atomic E-state index is 13.1. The number of benzene rings is 1. The monoisotopic (exact) mass is 296 g/mol. The molecule has 21 heavy (non-hydrogen) atoms. The molecule has 0 saturated heterocycles. The Morgan fingerprint density at radius 1 is 1.33 bits per heavy atom. The number of nitro groups is 1. The summed E-state index contributed by atoms with van der Waals surface area (Å²) in [6.07, 6.45) is 3.14. The maximum Gasteiger partial charge on any atom is 0.295 e. The van der Waals surface area contributed by atoms with E-state index in [1.807, 2.05) is 0 Å². The Morgan fingerprint density at radius 3 is 2.52 bits per heavy atom. The molecule has 0 amide bonds. The molecule has 0 atom stereocenters. The Balaban J connectivity index is 2.05. The molecule has 2 N–H and O–H groups in total. The van der Waals surface area contributed by atoms with E-state index in [2.05, 4.69) is 19.2 Å². The van der Waals surface area contributed by atoms with Crippen molar-refractivity contribution in [1.82, 2.24) is 0 Å². The molecule has 1 saturated carbocycles. The van der Waals surface area contributed by atoms with Crippen molar-refractivity contribution in [1.29, 1.82) is 0 Å². The summed E-state index contributed by atoms with van der Waals surface area (Å²) in [5.74, 6) is -0.648. The molecule has 0 unspecified atom stereocenters. The molecular weight excluding hydrogens is 275 g/mol. The van der Waals surface area contributed by atoms with E-state index in [0.717, 1.165) is 18.9 Å². The fourth-order valence-corrected chi connectivity index (χ4v) is 2.63. The van der Waals surface area contributed by atoms with Gasteiger partial charge in [-0.2, -0.15) is 0 Å². The minimum atomic E-state index is -0.863. The second-order valence-electron chi connectivity index (χ2n) is 6.66. The van der Waals surface area contributed by atoms with E-state index in [4.69, 9.17) is 0 Å². The summed E-state index contributed by atoms with van der Waals surface area (Å²) in [5, 5.41) is 24.4. The number of aliphatic hydroxyl groups is 1. The third-order valence-corrected chi connectivity index (χ3v) is 4.30. The van der Waals surface area contributed by atoms with Crippen LogP contribution in [0.4, 0.5) is 15.8 Å². The van der Waals surface area contributed by atoms with Crippen LogP contribution in [0.15, 0.2) is 18.2 Å². The summed E-state index contributed by atoms with van der Waals surface area (Å²) in [5.41, 5.74) is -0.708. The molecule has 5 nitrogen and oxygen atoms in total.